The molecule has 1 heterocycles. The number of hydrogen-bond donors (Lipinski definition) is 1. The summed E-state index contributed by atoms with van der Waals surface area (Å²) in [5.41, 5.74) is 1.09. The topological polar surface area (TPSA) is 43.8 Å². The van der Waals surface area contributed by atoms with Crippen molar-refractivity contribution in [3.63, 3.8) is 0 Å². The number of rotatable bonds is 3. The van der Waals surface area contributed by atoms with Gasteiger partial charge in [-0.15, -0.1) is 0 Å². The number of carbonyl (C=O) groups is 1. The summed E-state index contributed by atoms with van der Waals surface area (Å²) < 4.78 is 14.3. The van der Waals surface area contributed by atoms with E-state index in [9.17, 15) is 9.18 Å². The van der Waals surface area contributed by atoms with Crippen molar-refractivity contribution in [3.05, 3.63) is 35.7 Å². The second-order valence-electron chi connectivity index (χ2n) is 5.62. The van der Waals surface area contributed by atoms with Gasteiger partial charge < -0.3 is 10.0 Å². The largest absolute Gasteiger partial charge is 0.478 e. The van der Waals surface area contributed by atoms with E-state index in [0.717, 1.165) is 19.2 Å². The summed E-state index contributed by atoms with van der Waals surface area (Å²) in [6, 6.07) is 5.38. The molecule has 1 saturated heterocycles. The smallest absolute Gasteiger partial charge is 0.328 e. The summed E-state index contributed by atoms with van der Waals surface area (Å²) in [7, 11) is 2.07. The normalized spacial score (nSPS) is 23.7. The molecule has 0 aliphatic carbocycles. The Morgan fingerprint density at radius 3 is 2.52 bits per heavy atom. The highest BCUT2D eigenvalue weighted by Gasteiger charge is 2.28. The van der Waals surface area contributed by atoms with Crippen molar-refractivity contribution in [3.8, 4) is 0 Å². The molecule has 4 nitrogen and oxygen atoms in total. The van der Waals surface area contributed by atoms with Gasteiger partial charge in [-0.1, -0.05) is 12.1 Å². The lowest BCUT2D eigenvalue weighted by Crippen LogP contribution is -2.55. The molecule has 1 aromatic rings. The van der Waals surface area contributed by atoms with E-state index >= 15 is 0 Å². The monoisotopic (exact) mass is 292 g/mol. The molecule has 21 heavy (non-hydrogen) atoms. The highest BCUT2D eigenvalue weighted by molar-refractivity contribution is 5.87. The SMILES string of the molecule is CC1CN(c2c(F)cccc2/C=C/C(=O)O)CC(C)N1C. The van der Waals surface area contributed by atoms with Gasteiger partial charge in [0.2, 0.25) is 0 Å². The molecule has 0 spiro atoms. The summed E-state index contributed by atoms with van der Waals surface area (Å²) in [5.74, 6) is -1.35. The van der Waals surface area contributed by atoms with Crippen LogP contribution in [0, 0.1) is 5.82 Å². The van der Waals surface area contributed by atoms with Crippen molar-refractivity contribution in [1.82, 2.24) is 4.90 Å². The molecule has 2 atom stereocenters. The Balaban J connectivity index is 2.36. The highest BCUT2D eigenvalue weighted by atomic mass is 19.1. The van der Waals surface area contributed by atoms with Crippen molar-refractivity contribution in [1.29, 1.82) is 0 Å². The van der Waals surface area contributed by atoms with Crippen molar-refractivity contribution in [2.24, 2.45) is 0 Å². The van der Waals surface area contributed by atoms with Gasteiger partial charge >= 0.3 is 5.97 Å². The third-order valence-corrected chi connectivity index (χ3v) is 4.10. The molecule has 1 aliphatic heterocycles. The van der Waals surface area contributed by atoms with Crippen LogP contribution >= 0.6 is 0 Å². The Kier molecular flexibility index (Phi) is 4.63. The van der Waals surface area contributed by atoms with E-state index in [1.54, 1.807) is 12.1 Å². The Morgan fingerprint density at radius 1 is 1.33 bits per heavy atom. The van der Waals surface area contributed by atoms with Gasteiger partial charge in [0.1, 0.15) is 5.82 Å². The van der Waals surface area contributed by atoms with E-state index in [4.69, 9.17) is 5.11 Å². The van der Waals surface area contributed by atoms with Crippen molar-refractivity contribution >= 4 is 17.7 Å². The zero-order chi connectivity index (χ0) is 15.6. The zero-order valence-corrected chi connectivity index (χ0v) is 12.6. The summed E-state index contributed by atoms with van der Waals surface area (Å²) in [6.45, 7) is 5.65. The van der Waals surface area contributed by atoms with Crippen LogP contribution in [0.4, 0.5) is 10.1 Å². The zero-order valence-electron chi connectivity index (χ0n) is 12.6. The molecule has 5 heteroatoms. The number of nitrogens with zero attached hydrogens (tertiary/aromatic N) is 2. The quantitative estimate of drug-likeness (QED) is 0.869. The van der Waals surface area contributed by atoms with Crippen molar-refractivity contribution < 1.29 is 14.3 Å². The number of anilines is 1. The van der Waals surface area contributed by atoms with E-state index in [-0.39, 0.29) is 5.82 Å². The maximum Gasteiger partial charge on any atom is 0.328 e. The lowest BCUT2D eigenvalue weighted by molar-refractivity contribution is -0.131. The number of hydrogen-bond acceptors (Lipinski definition) is 3. The van der Waals surface area contributed by atoms with Gasteiger partial charge in [-0.3, -0.25) is 4.90 Å². The predicted octanol–water partition coefficient (Wildman–Crippen LogP) is 2.45. The van der Waals surface area contributed by atoms with Crippen LogP contribution in [0.15, 0.2) is 24.3 Å². The number of carboxylic acids is 1. The second kappa shape index (κ2) is 6.26. The van der Waals surface area contributed by atoms with Crippen LogP contribution in [0.3, 0.4) is 0 Å². The van der Waals surface area contributed by atoms with Gasteiger partial charge in [0, 0.05) is 36.8 Å². The van der Waals surface area contributed by atoms with E-state index < -0.39 is 5.97 Å². The molecule has 1 aliphatic rings. The molecule has 2 unspecified atom stereocenters. The second-order valence-corrected chi connectivity index (χ2v) is 5.62. The minimum atomic E-state index is -1.04. The van der Waals surface area contributed by atoms with Crippen LogP contribution in [0.2, 0.25) is 0 Å². The average Bonchev–Trinajstić information content (AvgIpc) is 2.42. The molecule has 114 valence electrons. The Labute approximate surface area is 124 Å². The minimum Gasteiger partial charge on any atom is -0.478 e. The van der Waals surface area contributed by atoms with Crippen molar-refractivity contribution in [2.75, 3.05) is 25.0 Å². The van der Waals surface area contributed by atoms with E-state index in [1.165, 1.54) is 12.1 Å². The van der Waals surface area contributed by atoms with Gasteiger partial charge in [0.15, 0.2) is 0 Å². The van der Waals surface area contributed by atoms with Gasteiger partial charge in [-0.2, -0.15) is 0 Å². The summed E-state index contributed by atoms with van der Waals surface area (Å²) in [4.78, 5) is 15.0. The lowest BCUT2D eigenvalue weighted by atomic mass is 10.0. The molecule has 0 bridgehead atoms. The lowest BCUT2D eigenvalue weighted by Gasteiger charge is -2.44. The summed E-state index contributed by atoms with van der Waals surface area (Å²) in [5, 5.41) is 8.76. The number of halogens is 1. The molecule has 1 fully saturated rings. The first kappa shape index (κ1) is 15.5. The molecule has 0 radical (unpaired) electrons. The fraction of sp³-hybridized carbons (Fsp3) is 0.438. The third kappa shape index (κ3) is 3.42. The minimum absolute atomic E-state index is 0.310. The number of benzene rings is 1. The van der Waals surface area contributed by atoms with Crippen LogP contribution in [-0.2, 0) is 4.79 Å². The third-order valence-electron chi connectivity index (χ3n) is 4.10. The standard InChI is InChI=1S/C16H21FN2O2/c1-11-9-19(10-12(2)18(11)3)16-13(7-8-15(20)21)5-4-6-14(16)17/h4-8,11-12H,9-10H2,1-3H3,(H,20,21)/b8-7+. The molecule has 0 saturated carbocycles. The van der Waals surface area contributed by atoms with Gasteiger partial charge in [0.25, 0.3) is 0 Å². The van der Waals surface area contributed by atoms with E-state index in [2.05, 4.69) is 25.8 Å². The first-order valence-electron chi connectivity index (χ1n) is 7.06. The maximum atomic E-state index is 14.3. The molecular weight excluding hydrogens is 271 g/mol. The predicted molar refractivity (Wildman–Crippen MR) is 82.0 cm³/mol. The summed E-state index contributed by atoms with van der Waals surface area (Å²) >= 11 is 0. The van der Waals surface area contributed by atoms with Gasteiger partial charge in [0.05, 0.1) is 5.69 Å². The van der Waals surface area contributed by atoms with Gasteiger partial charge in [-0.25, -0.2) is 9.18 Å². The van der Waals surface area contributed by atoms with Crippen LogP contribution < -0.4 is 4.90 Å². The summed E-state index contributed by atoms with van der Waals surface area (Å²) in [6.07, 6.45) is 2.50. The Hall–Kier alpha value is -1.88. The maximum absolute atomic E-state index is 14.3. The first-order valence-corrected chi connectivity index (χ1v) is 7.06. The van der Waals surface area contributed by atoms with Crippen LogP contribution in [-0.4, -0.2) is 48.2 Å². The molecule has 1 aromatic carbocycles. The van der Waals surface area contributed by atoms with Gasteiger partial charge in [-0.05, 0) is 33.0 Å². The Morgan fingerprint density at radius 2 is 1.95 bits per heavy atom. The highest BCUT2D eigenvalue weighted by Crippen LogP contribution is 2.29. The van der Waals surface area contributed by atoms with Crippen molar-refractivity contribution in [2.45, 2.75) is 25.9 Å². The number of piperazine rings is 1. The first-order chi connectivity index (χ1) is 9.90. The molecule has 0 aromatic heterocycles. The van der Waals surface area contributed by atoms with Crippen LogP contribution in [0.5, 0.6) is 0 Å². The fourth-order valence-electron chi connectivity index (χ4n) is 2.75. The van der Waals surface area contributed by atoms with E-state index in [1.807, 2.05) is 4.90 Å². The number of para-hydroxylation sites is 1. The molecule has 0 amide bonds. The number of likely N-dealkylation sites (N-methyl/N-ethyl adjacent to an activating group) is 1. The number of carboxylic acid groups (broad SMARTS) is 1. The van der Waals surface area contributed by atoms with Crippen LogP contribution in [0.25, 0.3) is 6.08 Å². The fourth-order valence-corrected chi connectivity index (χ4v) is 2.75. The number of aliphatic carboxylic acids is 1. The van der Waals surface area contributed by atoms with Crippen LogP contribution in [0.1, 0.15) is 19.4 Å². The average molecular weight is 292 g/mol. The Bertz CT molecular complexity index is 547. The molecule has 2 rings (SSSR count). The molecule has 1 N–H and O–H groups in total. The molecular formula is C16H21FN2O2. The van der Waals surface area contributed by atoms with E-state index in [0.29, 0.717) is 23.3 Å².